The molecule has 0 radical (unpaired) electrons. The second-order valence-electron chi connectivity index (χ2n) is 5.52. The minimum atomic E-state index is -0.765. The molecule has 2 amide bonds. The minimum Gasteiger partial charge on any atom is -0.358 e. The second kappa shape index (κ2) is 5.63. The number of fused-ring (bicyclic) bond motifs is 1. The number of nitrogens with one attached hydrogen (secondary N) is 3. The van der Waals surface area contributed by atoms with E-state index in [1.807, 2.05) is 18.2 Å². The Balaban J connectivity index is 1.70. The van der Waals surface area contributed by atoms with Crippen LogP contribution in [0.5, 0.6) is 0 Å². The molecule has 0 atom stereocenters. The van der Waals surface area contributed by atoms with E-state index in [0.29, 0.717) is 16.6 Å². The molecule has 2 aromatic rings. The van der Waals surface area contributed by atoms with Gasteiger partial charge in [-0.2, -0.15) is 0 Å². The van der Waals surface area contributed by atoms with Crippen molar-refractivity contribution in [3.05, 3.63) is 35.5 Å². The van der Waals surface area contributed by atoms with Gasteiger partial charge in [-0.25, -0.2) is 0 Å². The van der Waals surface area contributed by atoms with Crippen LogP contribution in [0.3, 0.4) is 0 Å². The van der Waals surface area contributed by atoms with Crippen LogP contribution in [0.1, 0.15) is 28.9 Å². The first-order valence-electron chi connectivity index (χ1n) is 7.25. The van der Waals surface area contributed by atoms with E-state index in [0.717, 1.165) is 18.4 Å². The normalized spacial score (nSPS) is 13.9. The second-order valence-corrected chi connectivity index (χ2v) is 5.52. The molecule has 1 aliphatic carbocycles. The number of hydrogen-bond acceptors (Lipinski definition) is 3. The number of aryl methyl sites for hydroxylation is 1. The molecule has 114 valence electrons. The van der Waals surface area contributed by atoms with Gasteiger partial charge in [-0.05, 0) is 25.8 Å². The number of ketones is 1. The number of amides is 2. The van der Waals surface area contributed by atoms with Gasteiger partial charge in [-0.1, -0.05) is 18.2 Å². The van der Waals surface area contributed by atoms with Crippen molar-refractivity contribution >= 4 is 28.5 Å². The highest BCUT2D eigenvalue weighted by molar-refractivity contribution is 6.45. The molecule has 1 saturated carbocycles. The zero-order valence-electron chi connectivity index (χ0n) is 12.2. The van der Waals surface area contributed by atoms with Gasteiger partial charge in [-0.3, -0.25) is 14.4 Å². The van der Waals surface area contributed by atoms with Crippen molar-refractivity contribution in [2.45, 2.75) is 25.8 Å². The van der Waals surface area contributed by atoms with Crippen LogP contribution in [0.15, 0.2) is 24.3 Å². The number of carbonyl (C=O) groups is 3. The molecule has 0 saturated heterocycles. The lowest BCUT2D eigenvalue weighted by molar-refractivity contribution is -0.124. The maximum absolute atomic E-state index is 12.3. The molecular formula is C16H17N3O3. The maximum atomic E-state index is 12.3. The Labute approximate surface area is 127 Å². The minimum absolute atomic E-state index is 0.178. The van der Waals surface area contributed by atoms with E-state index < -0.39 is 11.7 Å². The Hall–Kier alpha value is -2.63. The average molecular weight is 299 g/mol. The lowest BCUT2D eigenvalue weighted by Gasteiger charge is -2.05. The van der Waals surface area contributed by atoms with Crippen LogP contribution < -0.4 is 10.6 Å². The average Bonchev–Trinajstić information content (AvgIpc) is 3.24. The zero-order valence-corrected chi connectivity index (χ0v) is 12.2. The fourth-order valence-electron chi connectivity index (χ4n) is 2.43. The number of para-hydroxylation sites is 1. The molecule has 6 nitrogen and oxygen atoms in total. The van der Waals surface area contributed by atoms with Crippen LogP contribution in [-0.2, 0) is 9.59 Å². The molecule has 1 fully saturated rings. The van der Waals surface area contributed by atoms with Crippen molar-refractivity contribution in [2.75, 3.05) is 6.54 Å². The third-order valence-corrected chi connectivity index (χ3v) is 3.68. The van der Waals surface area contributed by atoms with Gasteiger partial charge in [0.05, 0.1) is 12.1 Å². The first kappa shape index (κ1) is 14.3. The number of H-pyrrole nitrogens is 1. The summed E-state index contributed by atoms with van der Waals surface area (Å²) in [6.45, 7) is 1.57. The molecule has 3 rings (SSSR count). The molecule has 0 unspecified atom stereocenters. The summed E-state index contributed by atoms with van der Waals surface area (Å²) in [7, 11) is 0. The quantitative estimate of drug-likeness (QED) is 0.569. The van der Waals surface area contributed by atoms with Crippen molar-refractivity contribution in [1.29, 1.82) is 0 Å². The smallest absolute Gasteiger partial charge is 0.292 e. The highest BCUT2D eigenvalue weighted by Crippen LogP contribution is 2.22. The number of benzene rings is 1. The molecule has 0 bridgehead atoms. The van der Waals surface area contributed by atoms with E-state index in [-0.39, 0.29) is 18.5 Å². The van der Waals surface area contributed by atoms with Crippen molar-refractivity contribution < 1.29 is 14.4 Å². The van der Waals surface area contributed by atoms with Gasteiger partial charge in [0.25, 0.3) is 11.7 Å². The van der Waals surface area contributed by atoms with Crippen LogP contribution in [0.2, 0.25) is 0 Å². The summed E-state index contributed by atoms with van der Waals surface area (Å²) in [6, 6.07) is 7.54. The fraction of sp³-hybridized carbons (Fsp3) is 0.312. The number of aromatic amines is 1. The largest absolute Gasteiger partial charge is 0.358 e. The van der Waals surface area contributed by atoms with Crippen LogP contribution in [-0.4, -0.2) is 35.2 Å². The molecule has 0 aliphatic heterocycles. The predicted octanol–water partition coefficient (Wildman–Crippen LogP) is 1.05. The molecule has 1 aromatic heterocycles. The summed E-state index contributed by atoms with van der Waals surface area (Å²) in [5.41, 5.74) is 1.81. The van der Waals surface area contributed by atoms with Crippen LogP contribution >= 0.6 is 0 Å². The lowest BCUT2D eigenvalue weighted by Crippen LogP contribution is -2.40. The molecule has 0 spiro atoms. The predicted molar refractivity (Wildman–Crippen MR) is 81.5 cm³/mol. The van der Waals surface area contributed by atoms with Gasteiger partial charge in [0, 0.05) is 22.6 Å². The number of rotatable bonds is 5. The summed E-state index contributed by atoms with van der Waals surface area (Å²) < 4.78 is 0. The van der Waals surface area contributed by atoms with Gasteiger partial charge in [0.1, 0.15) is 0 Å². The van der Waals surface area contributed by atoms with Crippen LogP contribution in [0.25, 0.3) is 10.9 Å². The maximum Gasteiger partial charge on any atom is 0.292 e. The van der Waals surface area contributed by atoms with Crippen molar-refractivity contribution in [2.24, 2.45) is 0 Å². The highest BCUT2D eigenvalue weighted by Gasteiger charge is 2.25. The van der Waals surface area contributed by atoms with Gasteiger partial charge in [0.15, 0.2) is 0 Å². The molecule has 1 heterocycles. The Bertz CT molecular complexity index is 759. The topological polar surface area (TPSA) is 91.1 Å². The van der Waals surface area contributed by atoms with Crippen LogP contribution in [0, 0.1) is 6.92 Å². The lowest BCUT2D eigenvalue weighted by atomic mass is 10.1. The van der Waals surface area contributed by atoms with Gasteiger partial charge >= 0.3 is 0 Å². The Kier molecular flexibility index (Phi) is 3.66. The Morgan fingerprint density at radius 1 is 1.23 bits per heavy atom. The first-order chi connectivity index (χ1) is 10.6. The number of hydrogen-bond donors (Lipinski definition) is 3. The summed E-state index contributed by atoms with van der Waals surface area (Å²) in [5, 5.41) is 5.84. The summed E-state index contributed by atoms with van der Waals surface area (Å²) in [4.78, 5) is 38.9. The van der Waals surface area contributed by atoms with E-state index in [9.17, 15) is 14.4 Å². The first-order valence-corrected chi connectivity index (χ1v) is 7.25. The molecule has 6 heteroatoms. The van der Waals surface area contributed by atoms with E-state index in [2.05, 4.69) is 15.6 Å². The summed E-state index contributed by atoms with van der Waals surface area (Å²) in [6.07, 6.45) is 1.96. The van der Waals surface area contributed by atoms with E-state index in [1.165, 1.54) is 0 Å². The van der Waals surface area contributed by atoms with E-state index >= 15 is 0 Å². The van der Waals surface area contributed by atoms with Gasteiger partial charge in [0.2, 0.25) is 5.91 Å². The van der Waals surface area contributed by atoms with Gasteiger partial charge < -0.3 is 15.6 Å². The zero-order chi connectivity index (χ0) is 15.7. The molecule has 3 N–H and O–H groups in total. The SMILES string of the molecule is Cc1[nH]c2ccccc2c1C(=O)C(=O)NCC(=O)NC1CC1. The number of aromatic nitrogens is 1. The third-order valence-electron chi connectivity index (χ3n) is 3.68. The Morgan fingerprint density at radius 3 is 2.68 bits per heavy atom. The van der Waals surface area contributed by atoms with E-state index in [4.69, 9.17) is 0 Å². The van der Waals surface area contributed by atoms with Crippen LogP contribution in [0.4, 0.5) is 0 Å². The summed E-state index contributed by atoms with van der Waals surface area (Å²) in [5.74, 6) is -1.66. The molecule has 1 aromatic carbocycles. The molecule has 1 aliphatic rings. The Morgan fingerprint density at radius 2 is 1.95 bits per heavy atom. The number of carbonyl (C=O) groups excluding carboxylic acids is 3. The standard InChI is InChI=1S/C16H17N3O3/c1-9-14(11-4-2-3-5-12(11)18-9)15(21)16(22)17-8-13(20)19-10-6-7-10/h2-5,10,18H,6-8H2,1H3,(H,17,22)(H,19,20). The van der Waals surface area contributed by atoms with Gasteiger partial charge in [-0.15, -0.1) is 0 Å². The van der Waals surface area contributed by atoms with Crippen molar-refractivity contribution in [3.63, 3.8) is 0 Å². The number of Topliss-reactive ketones (excluding diaryl/α,β-unsaturated/α-hetero) is 1. The molecular weight excluding hydrogens is 282 g/mol. The van der Waals surface area contributed by atoms with Crippen molar-refractivity contribution in [1.82, 2.24) is 15.6 Å². The molecule has 22 heavy (non-hydrogen) atoms. The highest BCUT2D eigenvalue weighted by atomic mass is 16.2. The monoisotopic (exact) mass is 299 g/mol. The van der Waals surface area contributed by atoms with Crippen molar-refractivity contribution in [3.8, 4) is 0 Å². The fourth-order valence-corrected chi connectivity index (χ4v) is 2.43. The summed E-state index contributed by atoms with van der Waals surface area (Å²) >= 11 is 0. The van der Waals surface area contributed by atoms with E-state index in [1.54, 1.807) is 13.0 Å². The third kappa shape index (κ3) is 2.86.